The van der Waals surface area contributed by atoms with Gasteiger partial charge < -0.3 is 14.7 Å². The number of anilines is 1. The van der Waals surface area contributed by atoms with E-state index in [1.807, 2.05) is 55.5 Å². The van der Waals surface area contributed by atoms with E-state index >= 15 is 0 Å². The van der Waals surface area contributed by atoms with Crippen LogP contribution in [0.1, 0.15) is 27.8 Å². The van der Waals surface area contributed by atoms with E-state index in [9.17, 15) is 14.7 Å². The topological polar surface area (TPSA) is 79.2 Å². The fraction of sp³-hybridized carbons (Fsp3) is 0.192. The first-order valence-corrected chi connectivity index (χ1v) is 10.3. The summed E-state index contributed by atoms with van der Waals surface area (Å²) in [4.78, 5) is 30.7. The second kappa shape index (κ2) is 9.06. The van der Waals surface area contributed by atoms with Gasteiger partial charge in [0.25, 0.3) is 0 Å². The third-order valence-electron chi connectivity index (χ3n) is 5.46. The molecule has 4 rings (SSSR count). The molecule has 0 spiro atoms. The summed E-state index contributed by atoms with van der Waals surface area (Å²) in [6.45, 7) is 2.46. The zero-order valence-electron chi connectivity index (χ0n) is 18.0. The van der Waals surface area contributed by atoms with Gasteiger partial charge in [-0.25, -0.2) is 0 Å². The predicted octanol–water partition coefficient (Wildman–Crippen LogP) is 4.01. The van der Waals surface area contributed by atoms with Gasteiger partial charge in [-0.3, -0.25) is 14.6 Å². The third-order valence-corrected chi connectivity index (χ3v) is 5.46. The number of hydrogen-bond acceptors (Lipinski definition) is 4. The van der Waals surface area contributed by atoms with E-state index < -0.39 is 5.97 Å². The normalized spacial score (nSPS) is 13.2. The minimum atomic E-state index is -0.913. The summed E-state index contributed by atoms with van der Waals surface area (Å²) < 4.78 is 5.55. The van der Waals surface area contributed by atoms with Crippen LogP contribution in [0.4, 0.5) is 5.69 Å². The number of hydrogen-bond donors (Lipinski definition) is 1. The molecule has 0 bridgehead atoms. The molecule has 6 heteroatoms. The highest BCUT2D eigenvalue weighted by atomic mass is 16.5. The molecule has 0 radical (unpaired) electrons. The molecule has 0 aliphatic carbocycles. The number of methoxy groups -OCH3 is 1. The first-order valence-electron chi connectivity index (χ1n) is 10.3. The molecule has 3 aromatic carbocycles. The average Bonchev–Trinajstić information content (AvgIpc) is 2.92. The van der Waals surface area contributed by atoms with Crippen LogP contribution >= 0.6 is 0 Å². The Hall–Kier alpha value is -3.93. The molecular formula is C26H24N2O4. The van der Waals surface area contributed by atoms with Gasteiger partial charge in [-0.05, 0) is 36.2 Å². The number of benzene rings is 3. The van der Waals surface area contributed by atoms with Gasteiger partial charge in [-0.15, -0.1) is 0 Å². The van der Waals surface area contributed by atoms with Gasteiger partial charge >= 0.3 is 5.97 Å². The van der Waals surface area contributed by atoms with E-state index in [1.165, 1.54) is 0 Å². The van der Waals surface area contributed by atoms with Crippen molar-refractivity contribution in [2.45, 2.75) is 19.9 Å². The molecule has 1 aliphatic rings. The third kappa shape index (κ3) is 4.39. The number of para-hydroxylation sites is 1. The highest BCUT2D eigenvalue weighted by Crippen LogP contribution is 2.32. The molecule has 3 aromatic rings. The summed E-state index contributed by atoms with van der Waals surface area (Å²) >= 11 is 0. The van der Waals surface area contributed by atoms with E-state index in [4.69, 9.17) is 4.74 Å². The van der Waals surface area contributed by atoms with E-state index in [0.717, 1.165) is 22.4 Å². The first kappa shape index (κ1) is 21.3. The van der Waals surface area contributed by atoms with E-state index in [-0.39, 0.29) is 18.9 Å². The van der Waals surface area contributed by atoms with Gasteiger partial charge in [0.1, 0.15) is 12.3 Å². The Bertz CT molecular complexity index is 1200. The lowest BCUT2D eigenvalue weighted by Gasteiger charge is -2.23. The summed E-state index contributed by atoms with van der Waals surface area (Å²) in [5, 5.41) is 9.21. The van der Waals surface area contributed by atoms with E-state index in [1.54, 1.807) is 30.2 Å². The van der Waals surface area contributed by atoms with E-state index in [2.05, 4.69) is 4.99 Å². The molecule has 1 amide bonds. The number of fused-ring (bicyclic) bond motifs is 1. The summed E-state index contributed by atoms with van der Waals surface area (Å²) in [5.41, 5.74) is 5.68. The van der Waals surface area contributed by atoms with Gasteiger partial charge in [0.2, 0.25) is 5.91 Å². The predicted molar refractivity (Wildman–Crippen MR) is 124 cm³/mol. The summed E-state index contributed by atoms with van der Waals surface area (Å²) in [5.74, 6) is -0.440. The molecule has 0 atom stereocenters. The van der Waals surface area contributed by atoms with Crippen molar-refractivity contribution >= 4 is 23.3 Å². The number of carbonyl (C=O) groups is 2. The number of aliphatic carboxylic acids is 1. The van der Waals surface area contributed by atoms with Gasteiger partial charge in [0, 0.05) is 11.1 Å². The fourth-order valence-corrected chi connectivity index (χ4v) is 3.87. The largest absolute Gasteiger partial charge is 0.496 e. The second-order valence-corrected chi connectivity index (χ2v) is 7.75. The van der Waals surface area contributed by atoms with Crippen LogP contribution in [0, 0.1) is 6.92 Å². The van der Waals surface area contributed by atoms with Crippen molar-refractivity contribution in [3.8, 4) is 5.75 Å². The molecule has 0 saturated carbocycles. The SMILES string of the molecule is COc1ccc(CC(=O)O)cc1C1=NCC(=O)N(Cc2ccc(C)cc2)c2ccccc21. The lowest BCUT2D eigenvalue weighted by Crippen LogP contribution is -2.31. The van der Waals surface area contributed by atoms with Crippen molar-refractivity contribution in [3.05, 3.63) is 94.5 Å². The Labute approximate surface area is 186 Å². The van der Waals surface area contributed by atoms with Crippen molar-refractivity contribution in [1.29, 1.82) is 0 Å². The van der Waals surface area contributed by atoms with Crippen molar-refractivity contribution in [1.82, 2.24) is 0 Å². The van der Waals surface area contributed by atoms with Gasteiger partial charge in [-0.2, -0.15) is 0 Å². The van der Waals surface area contributed by atoms with Crippen molar-refractivity contribution in [3.63, 3.8) is 0 Å². The van der Waals surface area contributed by atoms with Crippen molar-refractivity contribution in [2.75, 3.05) is 18.6 Å². The maximum atomic E-state index is 13.1. The minimum absolute atomic E-state index is 0.0117. The summed E-state index contributed by atoms with van der Waals surface area (Å²) in [7, 11) is 1.56. The van der Waals surface area contributed by atoms with Crippen LogP contribution in [0.2, 0.25) is 0 Å². The number of carboxylic acid groups (broad SMARTS) is 1. The maximum absolute atomic E-state index is 13.1. The molecule has 0 saturated heterocycles. The number of carbonyl (C=O) groups excluding carboxylic acids is 1. The number of nitrogens with zero attached hydrogens (tertiary/aromatic N) is 2. The Morgan fingerprint density at radius 3 is 2.47 bits per heavy atom. The monoisotopic (exact) mass is 428 g/mol. The molecule has 162 valence electrons. The summed E-state index contributed by atoms with van der Waals surface area (Å²) in [6, 6.07) is 21.0. The zero-order valence-corrected chi connectivity index (χ0v) is 18.0. The fourth-order valence-electron chi connectivity index (χ4n) is 3.87. The molecule has 0 aromatic heterocycles. The molecule has 1 aliphatic heterocycles. The number of rotatable bonds is 6. The first-order chi connectivity index (χ1) is 15.5. The Morgan fingerprint density at radius 1 is 1.03 bits per heavy atom. The van der Waals surface area contributed by atoms with Gasteiger partial charge in [0.15, 0.2) is 0 Å². The van der Waals surface area contributed by atoms with Crippen LogP contribution in [0.5, 0.6) is 5.75 Å². The number of aryl methyl sites for hydroxylation is 1. The Morgan fingerprint density at radius 2 is 1.75 bits per heavy atom. The number of ether oxygens (including phenoxy) is 1. The molecule has 6 nitrogen and oxygen atoms in total. The number of aliphatic imine (C=N–C) groups is 1. The highest BCUT2D eigenvalue weighted by Gasteiger charge is 2.26. The van der Waals surface area contributed by atoms with Crippen LogP contribution < -0.4 is 9.64 Å². The lowest BCUT2D eigenvalue weighted by atomic mass is 9.96. The molecule has 32 heavy (non-hydrogen) atoms. The van der Waals surface area contributed by atoms with Crippen molar-refractivity contribution < 1.29 is 19.4 Å². The van der Waals surface area contributed by atoms with Crippen LogP contribution in [0.15, 0.2) is 71.7 Å². The summed E-state index contributed by atoms with van der Waals surface area (Å²) in [6.07, 6.45) is -0.107. The van der Waals surface area contributed by atoms with Crippen LogP contribution in [0.25, 0.3) is 0 Å². The highest BCUT2D eigenvalue weighted by molar-refractivity contribution is 6.20. The van der Waals surface area contributed by atoms with Gasteiger partial charge in [-0.1, -0.05) is 54.1 Å². The quantitative estimate of drug-likeness (QED) is 0.643. The standard InChI is InChI=1S/C26H24N2O4/c1-17-7-9-18(10-8-17)16-28-22-6-4-3-5-20(22)26(27-15-24(28)29)21-13-19(14-25(30)31)11-12-23(21)32-2/h3-13H,14-16H2,1-2H3,(H,30,31). The Balaban J connectivity index is 1.80. The Kier molecular flexibility index (Phi) is 6.03. The molecular weight excluding hydrogens is 404 g/mol. The molecule has 0 unspecified atom stereocenters. The smallest absolute Gasteiger partial charge is 0.307 e. The minimum Gasteiger partial charge on any atom is -0.496 e. The van der Waals surface area contributed by atoms with Crippen molar-refractivity contribution in [2.24, 2.45) is 4.99 Å². The average molecular weight is 428 g/mol. The number of benzodiazepines with no additional fused rings is 1. The lowest BCUT2D eigenvalue weighted by molar-refractivity contribution is -0.136. The van der Waals surface area contributed by atoms with E-state index in [0.29, 0.717) is 29.1 Å². The molecule has 1 heterocycles. The molecule has 1 N–H and O–H groups in total. The molecule has 0 fully saturated rings. The van der Waals surface area contributed by atoms with Crippen LogP contribution in [0.3, 0.4) is 0 Å². The zero-order chi connectivity index (χ0) is 22.7. The van der Waals surface area contributed by atoms with Crippen LogP contribution in [-0.4, -0.2) is 36.3 Å². The number of carboxylic acids is 1. The maximum Gasteiger partial charge on any atom is 0.307 e. The second-order valence-electron chi connectivity index (χ2n) is 7.75. The van der Waals surface area contributed by atoms with Crippen LogP contribution in [-0.2, 0) is 22.6 Å². The van der Waals surface area contributed by atoms with Gasteiger partial charge in [0.05, 0.1) is 31.5 Å². The number of amides is 1.